The minimum atomic E-state index is -3.83. The Labute approximate surface area is 235 Å². The predicted molar refractivity (Wildman–Crippen MR) is 152 cm³/mol. The van der Waals surface area contributed by atoms with Crippen molar-refractivity contribution in [3.8, 4) is 11.4 Å². The van der Waals surface area contributed by atoms with Crippen LogP contribution in [0.2, 0.25) is 0 Å². The van der Waals surface area contributed by atoms with Crippen LogP contribution in [0.4, 0.5) is 0 Å². The van der Waals surface area contributed by atoms with Gasteiger partial charge in [0.25, 0.3) is 5.91 Å². The average molecular weight is 570 g/mol. The number of carboxylic acids is 1. The van der Waals surface area contributed by atoms with Crippen LogP contribution in [0.1, 0.15) is 81.8 Å². The fourth-order valence-corrected chi connectivity index (χ4v) is 7.57. The second kappa shape index (κ2) is 10.7. The van der Waals surface area contributed by atoms with Crippen molar-refractivity contribution in [2.24, 2.45) is 11.8 Å². The number of imidazole rings is 1. The molecule has 0 spiro atoms. The summed E-state index contributed by atoms with van der Waals surface area (Å²) in [5, 5.41) is 12.2. The molecule has 0 bridgehead atoms. The minimum Gasteiger partial charge on any atom is -0.481 e. The molecule has 0 aliphatic heterocycles. The number of rotatable bonds is 8. The average Bonchev–Trinajstić information content (AvgIpc) is 3.45. The lowest BCUT2D eigenvalue weighted by atomic mass is 9.80. The number of aliphatic carboxylic acids is 1. The topological polar surface area (TPSA) is 135 Å². The largest absolute Gasteiger partial charge is 0.481 e. The standard InChI is InChI=1S/C29H39N5O5S/c1-18-22(27(35)31-21-14-20(15-21)28(36)37)16-24(34(18)17-19-8-6-5-7-9-19)23-10-11-25(26-30-12-13-33(23)26)40(38,39)32-29(2,3)4/h10-13,16,19-21,32H,5-9,14-15,17H2,1-4H3,(H,31,35)(H,36,37)/t20-,21-. The summed E-state index contributed by atoms with van der Waals surface area (Å²) in [5.41, 5.74) is 2.61. The maximum absolute atomic E-state index is 13.4. The van der Waals surface area contributed by atoms with E-state index in [1.54, 1.807) is 49.7 Å². The zero-order chi connectivity index (χ0) is 28.8. The van der Waals surface area contributed by atoms with Crippen molar-refractivity contribution in [2.45, 2.75) is 95.7 Å². The van der Waals surface area contributed by atoms with E-state index in [1.165, 1.54) is 19.3 Å². The Balaban J connectivity index is 1.54. The maximum atomic E-state index is 13.4. The molecule has 2 fully saturated rings. The van der Waals surface area contributed by atoms with Crippen LogP contribution in [0.3, 0.4) is 0 Å². The number of amides is 1. The zero-order valence-corrected chi connectivity index (χ0v) is 24.4. The molecular formula is C29H39N5O5S. The number of carbonyl (C=O) groups excluding carboxylic acids is 1. The number of carbonyl (C=O) groups is 2. The van der Waals surface area contributed by atoms with Gasteiger partial charge in [0, 0.05) is 36.2 Å². The summed E-state index contributed by atoms with van der Waals surface area (Å²) in [7, 11) is -3.83. The Morgan fingerprint density at radius 2 is 1.80 bits per heavy atom. The Morgan fingerprint density at radius 1 is 1.10 bits per heavy atom. The number of fused-ring (bicyclic) bond motifs is 1. The number of carboxylic acid groups (broad SMARTS) is 1. The van der Waals surface area contributed by atoms with Crippen LogP contribution in [0.15, 0.2) is 35.5 Å². The molecule has 0 atom stereocenters. The molecule has 10 nitrogen and oxygen atoms in total. The van der Waals surface area contributed by atoms with Gasteiger partial charge in [0.15, 0.2) is 5.65 Å². The van der Waals surface area contributed by atoms with Gasteiger partial charge >= 0.3 is 5.97 Å². The molecule has 2 aliphatic carbocycles. The van der Waals surface area contributed by atoms with Crippen LogP contribution in [0.25, 0.3) is 17.0 Å². The molecule has 2 aliphatic rings. The van der Waals surface area contributed by atoms with Crippen LogP contribution in [-0.2, 0) is 21.4 Å². The number of hydrogen-bond acceptors (Lipinski definition) is 5. The fourth-order valence-electron chi connectivity index (χ4n) is 6.02. The van der Waals surface area contributed by atoms with Crippen LogP contribution >= 0.6 is 0 Å². The monoisotopic (exact) mass is 569 g/mol. The summed E-state index contributed by atoms with van der Waals surface area (Å²) in [4.78, 5) is 29.1. The molecule has 0 saturated heterocycles. The first-order chi connectivity index (χ1) is 18.8. The summed E-state index contributed by atoms with van der Waals surface area (Å²) in [6, 6.07) is 5.08. The Hall–Kier alpha value is -3.18. The van der Waals surface area contributed by atoms with Gasteiger partial charge in [-0.25, -0.2) is 18.1 Å². The highest BCUT2D eigenvalue weighted by molar-refractivity contribution is 7.89. The molecule has 0 unspecified atom stereocenters. The van der Waals surface area contributed by atoms with E-state index in [4.69, 9.17) is 0 Å². The number of nitrogens with zero attached hydrogens (tertiary/aromatic N) is 3. The van der Waals surface area contributed by atoms with Crippen molar-refractivity contribution in [3.05, 3.63) is 41.9 Å². The van der Waals surface area contributed by atoms with E-state index in [0.29, 0.717) is 30.0 Å². The Kier molecular flexibility index (Phi) is 7.56. The fraction of sp³-hybridized carbons (Fsp3) is 0.552. The number of nitrogens with one attached hydrogen (secondary N) is 2. The quantitative estimate of drug-likeness (QED) is 0.369. The number of pyridine rings is 1. The number of hydrogen-bond donors (Lipinski definition) is 3. The van der Waals surface area contributed by atoms with E-state index in [0.717, 1.165) is 36.5 Å². The van der Waals surface area contributed by atoms with Gasteiger partial charge in [0.05, 0.1) is 22.9 Å². The maximum Gasteiger partial charge on any atom is 0.306 e. The van der Waals surface area contributed by atoms with Crippen molar-refractivity contribution in [1.82, 2.24) is 24.0 Å². The molecule has 3 N–H and O–H groups in total. The number of sulfonamides is 1. The molecule has 3 aromatic rings. The first kappa shape index (κ1) is 28.4. The third kappa shape index (κ3) is 5.67. The molecule has 216 valence electrons. The summed E-state index contributed by atoms with van der Waals surface area (Å²) >= 11 is 0. The second-order valence-electron chi connectivity index (χ2n) is 12.4. The molecular weight excluding hydrogens is 530 g/mol. The SMILES string of the molecule is Cc1c(C(=O)N[C@H]2C[C@H](C(=O)O)C2)cc(-c2ccc(S(=O)(=O)NC(C)(C)C)c3nccn23)n1CC1CCCCC1. The second-order valence-corrected chi connectivity index (χ2v) is 14.0. The van der Waals surface area contributed by atoms with Crippen molar-refractivity contribution in [2.75, 3.05) is 0 Å². The third-order valence-corrected chi connectivity index (χ3v) is 9.88. The summed E-state index contributed by atoms with van der Waals surface area (Å²) in [5.74, 6) is -0.957. The highest BCUT2D eigenvalue weighted by Gasteiger charge is 2.36. The molecule has 0 aromatic carbocycles. The lowest BCUT2D eigenvalue weighted by Gasteiger charge is -2.32. The minimum absolute atomic E-state index is 0.0919. The predicted octanol–water partition coefficient (Wildman–Crippen LogP) is 4.36. The van der Waals surface area contributed by atoms with Gasteiger partial charge in [-0.3, -0.25) is 14.0 Å². The van der Waals surface area contributed by atoms with Gasteiger partial charge in [-0.2, -0.15) is 0 Å². The van der Waals surface area contributed by atoms with Crippen LogP contribution in [0, 0.1) is 18.8 Å². The summed E-state index contributed by atoms with van der Waals surface area (Å²) in [6.07, 6.45) is 10.1. The number of aromatic nitrogens is 3. The first-order valence-corrected chi connectivity index (χ1v) is 15.6. The highest BCUT2D eigenvalue weighted by Crippen LogP contribution is 2.34. The Morgan fingerprint density at radius 3 is 2.45 bits per heavy atom. The van der Waals surface area contributed by atoms with Crippen molar-refractivity contribution in [3.63, 3.8) is 0 Å². The normalized spacial score (nSPS) is 20.4. The molecule has 11 heteroatoms. The molecule has 3 aromatic heterocycles. The molecule has 5 rings (SSSR count). The third-order valence-electron chi connectivity index (χ3n) is 8.10. The van der Waals surface area contributed by atoms with Crippen LogP contribution in [-0.4, -0.2) is 50.9 Å². The van der Waals surface area contributed by atoms with Crippen molar-refractivity contribution >= 4 is 27.5 Å². The smallest absolute Gasteiger partial charge is 0.306 e. The van der Waals surface area contributed by atoms with E-state index in [9.17, 15) is 23.1 Å². The van der Waals surface area contributed by atoms with E-state index in [2.05, 4.69) is 19.6 Å². The highest BCUT2D eigenvalue weighted by atomic mass is 32.2. The molecule has 40 heavy (non-hydrogen) atoms. The van der Waals surface area contributed by atoms with Crippen molar-refractivity contribution in [1.29, 1.82) is 0 Å². The van der Waals surface area contributed by atoms with Crippen LogP contribution in [0.5, 0.6) is 0 Å². The van der Waals surface area contributed by atoms with E-state index >= 15 is 0 Å². The van der Waals surface area contributed by atoms with Gasteiger partial charge in [0.2, 0.25) is 10.0 Å². The van der Waals surface area contributed by atoms with Crippen molar-refractivity contribution < 1.29 is 23.1 Å². The molecule has 1 amide bonds. The van der Waals surface area contributed by atoms with Gasteiger partial charge in [-0.05, 0) is 77.5 Å². The van der Waals surface area contributed by atoms with Gasteiger partial charge in [-0.1, -0.05) is 19.3 Å². The van der Waals surface area contributed by atoms with Crippen LogP contribution < -0.4 is 10.0 Å². The lowest BCUT2D eigenvalue weighted by Crippen LogP contribution is -2.46. The van der Waals surface area contributed by atoms with E-state index in [1.807, 2.05) is 13.0 Å². The summed E-state index contributed by atoms with van der Waals surface area (Å²) in [6.45, 7) is 8.09. The molecule has 2 saturated carbocycles. The lowest BCUT2D eigenvalue weighted by molar-refractivity contribution is -0.145. The zero-order valence-electron chi connectivity index (χ0n) is 23.6. The molecule has 3 heterocycles. The van der Waals surface area contributed by atoms with E-state index < -0.39 is 27.4 Å². The first-order valence-electron chi connectivity index (χ1n) is 14.1. The van der Waals surface area contributed by atoms with E-state index in [-0.39, 0.29) is 16.8 Å². The van der Waals surface area contributed by atoms with Gasteiger partial charge < -0.3 is 15.0 Å². The molecule has 0 radical (unpaired) electrons. The Bertz CT molecular complexity index is 1540. The van der Waals surface area contributed by atoms with Gasteiger partial charge in [-0.15, -0.1) is 0 Å². The van der Waals surface area contributed by atoms with Gasteiger partial charge in [0.1, 0.15) is 4.90 Å². The summed E-state index contributed by atoms with van der Waals surface area (Å²) < 4.78 is 33.1.